The van der Waals surface area contributed by atoms with Gasteiger partial charge >= 0.3 is 0 Å². The third-order valence-corrected chi connectivity index (χ3v) is 19.6. The standard InChI is InChI=1S/C52H42N2OP2/c1-7-19-45(20-8-1)56(46-21-9-2-10-22-46,47-23-11-3-12-24-47)39-41-31-35-43(36-32-41)51-53-54-52(55-51)44-37-33-42(34-38-44)40-57(48-25-13-4-14-26-48,49-27-15-5-16-28-49)50-29-17-6-18-30-50/h1-38H,39-40H2/q+2. The zero-order chi connectivity index (χ0) is 38.3. The molecule has 0 atom stereocenters. The van der Waals surface area contributed by atoms with Crippen molar-refractivity contribution in [2.24, 2.45) is 0 Å². The summed E-state index contributed by atoms with van der Waals surface area (Å²) in [6.07, 6.45) is 1.80. The van der Waals surface area contributed by atoms with Gasteiger partial charge < -0.3 is 4.42 Å². The highest BCUT2D eigenvalue weighted by molar-refractivity contribution is 7.95. The number of rotatable bonds is 12. The van der Waals surface area contributed by atoms with Crippen molar-refractivity contribution in [3.63, 3.8) is 0 Å². The van der Waals surface area contributed by atoms with Crippen LogP contribution in [0.2, 0.25) is 0 Å². The third kappa shape index (κ3) is 7.29. The lowest BCUT2D eigenvalue weighted by atomic mass is 10.1. The van der Waals surface area contributed by atoms with E-state index in [1.165, 1.54) is 43.0 Å². The van der Waals surface area contributed by atoms with Crippen LogP contribution in [-0.4, -0.2) is 10.2 Å². The van der Waals surface area contributed by atoms with Crippen LogP contribution in [-0.2, 0) is 12.3 Å². The Balaban J connectivity index is 0.998. The van der Waals surface area contributed by atoms with Gasteiger partial charge in [0.2, 0.25) is 11.8 Å². The van der Waals surface area contributed by atoms with E-state index in [1.807, 2.05) is 0 Å². The molecule has 0 fully saturated rings. The monoisotopic (exact) mass is 772 g/mol. The van der Waals surface area contributed by atoms with E-state index in [0.29, 0.717) is 11.8 Å². The van der Waals surface area contributed by atoms with Crippen LogP contribution >= 0.6 is 14.5 Å². The molecule has 57 heavy (non-hydrogen) atoms. The van der Waals surface area contributed by atoms with Gasteiger partial charge in [0, 0.05) is 11.1 Å². The first-order chi connectivity index (χ1) is 28.2. The van der Waals surface area contributed by atoms with Crippen LogP contribution in [0, 0.1) is 0 Å². The zero-order valence-corrected chi connectivity index (χ0v) is 33.3. The van der Waals surface area contributed by atoms with Crippen LogP contribution < -0.4 is 31.8 Å². The molecule has 0 amide bonds. The molecule has 0 aliphatic carbocycles. The summed E-state index contributed by atoms with van der Waals surface area (Å²) in [5, 5.41) is 17.2. The molecule has 0 unspecified atom stereocenters. The molecule has 0 saturated carbocycles. The van der Waals surface area contributed by atoms with Gasteiger partial charge in [0.25, 0.3) is 0 Å². The molecule has 0 spiro atoms. The average Bonchev–Trinajstić information content (AvgIpc) is 3.80. The van der Waals surface area contributed by atoms with Crippen LogP contribution in [0.5, 0.6) is 0 Å². The van der Waals surface area contributed by atoms with E-state index >= 15 is 0 Å². The van der Waals surface area contributed by atoms with Gasteiger partial charge in [-0.1, -0.05) is 133 Å². The van der Waals surface area contributed by atoms with Crippen LogP contribution in [0.15, 0.2) is 235 Å². The summed E-state index contributed by atoms with van der Waals surface area (Å²) >= 11 is 0. The van der Waals surface area contributed by atoms with Gasteiger partial charge in [0.05, 0.1) is 12.3 Å². The van der Waals surface area contributed by atoms with E-state index in [1.54, 1.807) is 0 Å². The fourth-order valence-electron chi connectivity index (χ4n) is 8.05. The van der Waals surface area contributed by atoms with Gasteiger partial charge in [-0.05, 0) is 108 Å². The number of benzene rings is 8. The Morgan fingerprint density at radius 1 is 0.281 bits per heavy atom. The van der Waals surface area contributed by atoms with Crippen molar-refractivity contribution in [2.75, 3.05) is 0 Å². The maximum atomic E-state index is 6.34. The fraction of sp³-hybridized carbons (Fsp3) is 0.0385. The summed E-state index contributed by atoms with van der Waals surface area (Å²) in [4.78, 5) is 0. The SMILES string of the molecule is c1ccc([P+](Cc2ccc(-c3nnc(-c4ccc(C[P+](c5ccccc5)(c5ccccc5)c5ccccc5)cc4)o3)cc2)(c2ccccc2)c2ccccc2)cc1. The summed E-state index contributed by atoms with van der Waals surface area (Å²) in [6.45, 7) is 0. The Morgan fingerprint density at radius 3 is 0.737 bits per heavy atom. The Bertz CT molecular complexity index is 2260. The summed E-state index contributed by atoms with van der Waals surface area (Å²) < 4.78 is 6.34. The minimum absolute atomic E-state index is 0.512. The highest BCUT2D eigenvalue weighted by atomic mass is 31.2. The minimum atomic E-state index is -2.02. The molecule has 274 valence electrons. The van der Waals surface area contributed by atoms with Crippen molar-refractivity contribution in [3.8, 4) is 22.9 Å². The smallest absolute Gasteiger partial charge is 0.248 e. The van der Waals surface area contributed by atoms with E-state index < -0.39 is 14.5 Å². The molecule has 9 rings (SSSR count). The molecule has 1 aromatic heterocycles. The highest BCUT2D eigenvalue weighted by Gasteiger charge is 2.46. The molecule has 0 bridgehead atoms. The normalized spacial score (nSPS) is 11.6. The molecule has 0 aliphatic rings. The minimum Gasteiger partial charge on any atom is -0.416 e. The molecule has 0 radical (unpaired) electrons. The topological polar surface area (TPSA) is 38.9 Å². The van der Waals surface area contributed by atoms with Crippen LogP contribution in [0.3, 0.4) is 0 Å². The molecule has 9 aromatic rings. The molecular weight excluding hydrogens is 731 g/mol. The molecule has 0 N–H and O–H groups in total. The van der Waals surface area contributed by atoms with E-state index in [-0.39, 0.29) is 0 Å². The van der Waals surface area contributed by atoms with Crippen LogP contribution in [0.1, 0.15) is 11.1 Å². The van der Waals surface area contributed by atoms with Crippen molar-refractivity contribution >= 4 is 46.4 Å². The fourth-order valence-corrected chi connectivity index (χ4v) is 16.5. The lowest BCUT2D eigenvalue weighted by Crippen LogP contribution is -2.32. The van der Waals surface area contributed by atoms with E-state index in [9.17, 15) is 0 Å². The molecule has 8 aromatic carbocycles. The number of aromatic nitrogens is 2. The molecule has 5 heteroatoms. The van der Waals surface area contributed by atoms with E-state index in [2.05, 4.69) is 241 Å². The molecule has 0 aliphatic heterocycles. The summed E-state index contributed by atoms with van der Waals surface area (Å²) in [7, 11) is -4.04. The lowest BCUT2D eigenvalue weighted by molar-refractivity contribution is 0.584. The van der Waals surface area contributed by atoms with Gasteiger partial charge in [0.15, 0.2) is 0 Å². The largest absolute Gasteiger partial charge is 0.416 e. The Hall–Kier alpha value is -6.24. The van der Waals surface area contributed by atoms with Gasteiger partial charge in [-0.2, -0.15) is 0 Å². The maximum absolute atomic E-state index is 6.34. The van der Waals surface area contributed by atoms with E-state index in [4.69, 9.17) is 4.42 Å². The second kappa shape index (κ2) is 16.5. The van der Waals surface area contributed by atoms with Gasteiger partial charge in [0.1, 0.15) is 46.4 Å². The molecule has 0 saturated heterocycles. The quantitative estimate of drug-likeness (QED) is 0.116. The van der Waals surface area contributed by atoms with Gasteiger partial charge in [-0.3, -0.25) is 0 Å². The van der Waals surface area contributed by atoms with Crippen molar-refractivity contribution in [3.05, 3.63) is 242 Å². The van der Waals surface area contributed by atoms with Crippen molar-refractivity contribution in [1.82, 2.24) is 10.2 Å². The van der Waals surface area contributed by atoms with Crippen molar-refractivity contribution in [2.45, 2.75) is 12.3 Å². The number of hydrogen-bond acceptors (Lipinski definition) is 3. The number of hydrogen-bond donors (Lipinski definition) is 0. The summed E-state index contributed by atoms with van der Waals surface area (Å²) in [5.41, 5.74) is 4.33. The number of nitrogens with zero attached hydrogens (tertiary/aromatic N) is 2. The first-order valence-electron chi connectivity index (χ1n) is 19.3. The molecular formula is C52H42N2OP2+2. The molecule has 3 nitrogen and oxygen atoms in total. The highest BCUT2D eigenvalue weighted by Crippen LogP contribution is 2.59. The average molecular weight is 773 g/mol. The Kier molecular flexibility index (Phi) is 10.5. The van der Waals surface area contributed by atoms with Crippen LogP contribution in [0.4, 0.5) is 0 Å². The predicted molar refractivity (Wildman–Crippen MR) is 243 cm³/mol. The predicted octanol–water partition coefficient (Wildman–Crippen LogP) is 10.4. The van der Waals surface area contributed by atoms with Gasteiger partial charge in [-0.25, -0.2) is 0 Å². The first-order valence-corrected chi connectivity index (χ1v) is 23.3. The maximum Gasteiger partial charge on any atom is 0.248 e. The van der Waals surface area contributed by atoms with Crippen molar-refractivity contribution < 1.29 is 4.42 Å². The Labute approximate surface area is 336 Å². The van der Waals surface area contributed by atoms with Gasteiger partial charge in [-0.15, -0.1) is 10.2 Å². The lowest BCUT2D eigenvalue weighted by Gasteiger charge is -2.28. The summed E-state index contributed by atoms with van der Waals surface area (Å²) in [6, 6.07) is 83.4. The second-order valence-electron chi connectivity index (χ2n) is 14.3. The van der Waals surface area contributed by atoms with Crippen molar-refractivity contribution in [1.29, 1.82) is 0 Å². The first kappa shape index (κ1) is 36.4. The van der Waals surface area contributed by atoms with Crippen LogP contribution in [0.25, 0.3) is 22.9 Å². The van der Waals surface area contributed by atoms with E-state index in [0.717, 1.165) is 23.5 Å². The zero-order valence-electron chi connectivity index (χ0n) is 31.6. The molecule has 1 heterocycles. The Morgan fingerprint density at radius 2 is 0.509 bits per heavy atom. The second-order valence-corrected chi connectivity index (χ2v) is 21.2. The summed E-state index contributed by atoms with van der Waals surface area (Å²) in [5.74, 6) is 1.02. The third-order valence-electron chi connectivity index (χ3n) is 10.8.